The second-order valence-electron chi connectivity index (χ2n) is 2.69. The van der Waals surface area contributed by atoms with Gasteiger partial charge in [0.1, 0.15) is 0 Å². The lowest BCUT2D eigenvalue weighted by Gasteiger charge is -2.07. The first-order valence-electron chi connectivity index (χ1n) is 3.30. The van der Waals surface area contributed by atoms with E-state index < -0.39 is 0 Å². The minimum atomic E-state index is 0.888. The van der Waals surface area contributed by atoms with Gasteiger partial charge in [0.15, 0.2) is 0 Å². The molecule has 2 aliphatic rings. The van der Waals surface area contributed by atoms with E-state index in [-0.39, 0.29) is 0 Å². The van der Waals surface area contributed by atoms with Crippen LogP contribution in [-0.4, -0.2) is 0 Å². The lowest BCUT2D eigenvalue weighted by molar-refractivity contribution is 0.680. The molecule has 0 amide bonds. The van der Waals surface area contributed by atoms with Crippen LogP contribution < -0.4 is 0 Å². The van der Waals surface area contributed by atoms with Crippen LogP contribution in [0, 0.1) is 5.92 Å². The minimum absolute atomic E-state index is 0.888. The highest BCUT2D eigenvalue weighted by Gasteiger charge is 2.15. The molecule has 0 nitrogen and oxygen atoms in total. The Hall–Kier alpha value is -0.520. The Morgan fingerprint density at radius 1 is 1.50 bits per heavy atom. The van der Waals surface area contributed by atoms with E-state index in [0.717, 1.165) is 5.92 Å². The van der Waals surface area contributed by atoms with Crippen molar-refractivity contribution >= 4 is 0 Å². The maximum atomic E-state index is 2.39. The van der Waals surface area contributed by atoms with E-state index in [2.05, 4.69) is 18.2 Å². The third kappa shape index (κ3) is 0.525. The largest absolute Gasteiger partial charge is 0.0845 e. The fourth-order valence-electron chi connectivity index (χ4n) is 1.55. The molecule has 0 aliphatic heterocycles. The average molecular weight is 106 g/mol. The minimum Gasteiger partial charge on any atom is -0.0845 e. The van der Waals surface area contributed by atoms with Crippen LogP contribution in [0.2, 0.25) is 0 Å². The van der Waals surface area contributed by atoms with Crippen molar-refractivity contribution in [3.05, 3.63) is 23.8 Å². The topological polar surface area (TPSA) is 0 Å². The van der Waals surface area contributed by atoms with Gasteiger partial charge in [-0.25, -0.2) is 0 Å². The lowest BCUT2D eigenvalue weighted by atomic mass is 9.98. The number of rotatable bonds is 0. The zero-order valence-corrected chi connectivity index (χ0v) is 4.93. The SMILES string of the molecule is C1=CC2CC=C(C1)C2. The predicted molar refractivity (Wildman–Crippen MR) is 34.6 cm³/mol. The molecule has 2 bridgehead atoms. The molecule has 1 unspecified atom stereocenters. The number of fused-ring (bicyclic) bond motifs is 2. The van der Waals surface area contributed by atoms with Crippen molar-refractivity contribution in [2.24, 2.45) is 5.92 Å². The quantitative estimate of drug-likeness (QED) is 0.415. The van der Waals surface area contributed by atoms with Gasteiger partial charge in [-0.3, -0.25) is 0 Å². The Morgan fingerprint density at radius 3 is 3.25 bits per heavy atom. The highest BCUT2D eigenvalue weighted by Crippen LogP contribution is 2.32. The Morgan fingerprint density at radius 2 is 2.50 bits per heavy atom. The highest BCUT2D eigenvalue weighted by atomic mass is 14.2. The van der Waals surface area contributed by atoms with Crippen molar-refractivity contribution in [2.75, 3.05) is 0 Å². The van der Waals surface area contributed by atoms with Crippen LogP contribution in [0.1, 0.15) is 19.3 Å². The molecule has 0 heterocycles. The smallest absolute Gasteiger partial charge is 0.0139 e. The van der Waals surface area contributed by atoms with Gasteiger partial charge in [0.05, 0.1) is 0 Å². The van der Waals surface area contributed by atoms with Gasteiger partial charge in [0, 0.05) is 0 Å². The predicted octanol–water partition coefficient (Wildman–Crippen LogP) is 2.28. The second kappa shape index (κ2) is 1.48. The van der Waals surface area contributed by atoms with Gasteiger partial charge in [-0.15, -0.1) is 0 Å². The third-order valence-electron chi connectivity index (χ3n) is 2.02. The zero-order chi connectivity index (χ0) is 5.40. The molecule has 1 atom stereocenters. The fraction of sp³-hybridized carbons (Fsp3) is 0.500. The van der Waals surface area contributed by atoms with Crippen molar-refractivity contribution in [3.8, 4) is 0 Å². The van der Waals surface area contributed by atoms with Gasteiger partial charge < -0.3 is 0 Å². The molecular formula is C8H10. The summed E-state index contributed by atoms with van der Waals surface area (Å²) in [6, 6.07) is 0. The molecule has 0 saturated heterocycles. The Bertz CT molecular complexity index is 151. The summed E-state index contributed by atoms with van der Waals surface area (Å²) in [5.41, 5.74) is 1.66. The number of allylic oxidation sites excluding steroid dienone is 4. The van der Waals surface area contributed by atoms with Crippen molar-refractivity contribution in [3.63, 3.8) is 0 Å². The van der Waals surface area contributed by atoms with E-state index in [1.54, 1.807) is 5.57 Å². The van der Waals surface area contributed by atoms with Crippen LogP contribution in [0.5, 0.6) is 0 Å². The molecule has 0 N–H and O–H groups in total. The van der Waals surface area contributed by atoms with Crippen molar-refractivity contribution < 1.29 is 0 Å². The van der Waals surface area contributed by atoms with E-state index in [1.165, 1.54) is 19.3 Å². The van der Waals surface area contributed by atoms with Crippen LogP contribution in [0.3, 0.4) is 0 Å². The first kappa shape index (κ1) is 4.37. The first-order valence-corrected chi connectivity index (χ1v) is 3.30. The summed E-state index contributed by atoms with van der Waals surface area (Å²) < 4.78 is 0. The molecule has 0 aromatic heterocycles. The molecule has 0 spiro atoms. The average Bonchev–Trinajstić information content (AvgIpc) is 2.12. The van der Waals surface area contributed by atoms with E-state index in [9.17, 15) is 0 Å². The van der Waals surface area contributed by atoms with E-state index in [4.69, 9.17) is 0 Å². The molecule has 0 fully saturated rings. The van der Waals surface area contributed by atoms with Gasteiger partial charge in [-0.05, 0) is 25.2 Å². The molecule has 0 aromatic rings. The lowest BCUT2D eigenvalue weighted by Crippen LogP contribution is -1.92. The van der Waals surface area contributed by atoms with Gasteiger partial charge in [-0.2, -0.15) is 0 Å². The molecule has 0 saturated carbocycles. The van der Waals surface area contributed by atoms with Gasteiger partial charge >= 0.3 is 0 Å². The summed E-state index contributed by atoms with van der Waals surface area (Å²) in [6.45, 7) is 0. The molecule has 0 aromatic carbocycles. The Labute approximate surface area is 49.9 Å². The number of hydrogen-bond acceptors (Lipinski definition) is 0. The standard InChI is InChI=1S/C8H10/c1-2-7-4-5-8(3-1)6-7/h1-2,5,7H,3-4,6H2. The van der Waals surface area contributed by atoms with Gasteiger partial charge in [-0.1, -0.05) is 23.8 Å². The van der Waals surface area contributed by atoms with E-state index in [1.807, 2.05) is 0 Å². The van der Waals surface area contributed by atoms with Crippen molar-refractivity contribution in [1.82, 2.24) is 0 Å². The molecule has 2 rings (SSSR count). The number of hydrogen-bond donors (Lipinski definition) is 0. The molecule has 2 aliphatic carbocycles. The van der Waals surface area contributed by atoms with E-state index >= 15 is 0 Å². The van der Waals surface area contributed by atoms with Gasteiger partial charge in [0.2, 0.25) is 0 Å². The maximum absolute atomic E-state index is 2.39. The van der Waals surface area contributed by atoms with Crippen molar-refractivity contribution in [1.29, 1.82) is 0 Å². The van der Waals surface area contributed by atoms with Crippen LogP contribution in [-0.2, 0) is 0 Å². The summed E-state index contributed by atoms with van der Waals surface area (Å²) in [7, 11) is 0. The maximum Gasteiger partial charge on any atom is -0.0139 e. The Balaban J connectivity index is 2.30. The summed E-state index contributed by atoms with van der Waals surface area (Å²) in [5, 5.41) is 0. The molecule has 42 valence electrons. The molecule has 8 heavy (non-hydrogen) atoms. The first-order chi connectivity index (χ1) is 3.95. The summed E-state index contributed by atoms with van der Waals surface area (Å²) in [5.74, 6) is 0.888. The summed E-state index contributed by atoms with van der Waals surface area (Å²) in [4.78, 5) is 0. The van der Waals surface area contributed by atoms with E-state index in [0.29, 0.717) is 0 Å². The normalized spacial score (nSPS) is 33.0. The van der Waals surface area contributed by atoms with Crippen molar-refractivity contribution in [2.45, 2.75) is 19.3 Å². The van der Waals surface area contributed by atoms with Crippen LogP contribution in [0.15, 0.2) is 23.8 Å². The molecule has 0 radical (unpaired) electrons. The highest BCUT2D eigenvalue weighted by molar-refractivity contribution is 5.21. The second-order valence-corrected chi connectivity index (χ2v) is 2.69. The summed E-state index contributed by atoms with van der Waals surface area (Å²) in [6.07, 6.45) is 10.9. The summed E-state index contributed by atoms with van der Waals surface area (Å²) >= 11 is 0. The van der Waals surface area contributed by atoms with Gasteiger partial charge in [0.25, 0.3) is 0 Å². The molecule has 0 heteroatoms. The van der Waals surface area contributed by atoms with Crippen LogP contribution in [0.4, 0.5) is 0 Å². The van der Waals surface area contributed by atoms with Crippen LogP contribution >= 0.6 is 0 Å². The Kier molecular flexibility index (Phi) is 0.806. The zero-order valence-electron chi connectivity index (χ0n) is 4.93. The third-order valence-corrected chi connectivity index (χ3v) is 2.02. The molecular weight excluding hydrogens is 96.1 g/mol. The fourth-order valence-corrected chi connectivity index (χ4v) is 1.55. The monoisotopic (exact) mass is 106 g/mol. The van der Waals surface area contributed by atoms with Crippen LogP contribution in [0.25, 0.3) is 0 Å².